The molecule has 1 aliphatic carbocycles. The summed E-state index contributed by atoms with van der Waals surface area (Å²) in [6, 6.07) is 0.175. The number of hydrogen-bond donors (Lipinski definition) is 2. The Morgan fingerprint density at radius 2 is 2.00 bits per heavy atom. The van der Waals surface area contributed by atoms with Gasteiger partial charge in [-0.3, -0.25) is 0 Å². The van der Waals surface area contributed by atoms with E-state index in [4.69, 9.17) is 5.73 Å². The van der Waals surface area contributed by atoms with Gasteiger partial charge in [0.1, 0.15) is 0 Å². The van der Waals surface area contributed by atoms with Crippen molar-refractivity contribution in [3.8, 4) is 0 Å². The predicted molar refractivity (Wildman–Crippen MR) is 60.6 cm³/mol. The zero-order chi connectivity index (χ0) is 11.3. The SMILES string of the molecule is CNS(=O)(=O)N(CCCN)C1CCCC1. The van der Waals surface area contributed by atoms with E-state index in [-0.39, 0.29) is 6.04 Å². The highest BCUT2D eigenvalue weighted by atomic mass is 32.2. The second-order valence-corrected chi connectivity index (χ2v) is 5.73. The summed E-state index contributed by atoms with van der Waals surface area (Å²) in [5.74, 6) is 0. The molecule has 1 saturated carbocycles. The van der Waals surface area contributed by atoms with E-state index in [1.54, 1.807) is 4.31 Å². The van der Waals surface area contributed by atoms with Gasteiger partial charge in [0.05, 0.1) is 0 Å². The minimum atomic E-state index is -3.29. The van der Waals surface area contributed by atoms with Gasteiger partial charge in [-0.2, -0.15) is 12.7 Å². The van der Waals surface area contributed by atoms with Crippen molar-refractivity contribution in [2.75, 3.05) is 20.1 Å². The van der Waals surface area contributed by atoms with Crippen LogP contribution in [0.5, 0.6) is 0 Å². The van der Waals surface area contributed by atoms with E-state index in [0.717, 1.165) is 32.1 Å². The lowest BCUT2D eigenvalue weighted by atomic mass is 10.2. The molecule has 0 atom stereocenters. The quantitative estimate of drug-likeness (QED) is 0.683. The van der Waals surface area contributed by atoms with Crippen molar-refractivity contribution < 1.29 is 8.42 Å². The molecule has 1 fully saturated rings. The van der Waals surface area contributed by atoms with Gasteiger partial charge in [0.2, 0.25) is 0 Å². The van der Waals surface area contributed by atoms with Crippen LogP contribution in [0, 0.1) is 0 Å². The Bertz CT molecular complexity index is 273. The highest BCUT2D eigenvalue weighted by molar-refractivity contribution is 7.87. The van der Waals surface area contributed by atoms with E-state index in [1.807, 2.05) is 0 Å². The smallest absolute Gasteiger partial charge is 0.279 e. The van der Waals surface area contributed by atoms with Crippen molar-refractivity contribution in [1.82, 2.24) is 9.03 Å². The van der Waals surface area contributed by atoms with Gasteiger partial charge < -0.3 is 5.73 Å². The summed E-state index contributed by atoms with van der Waals surface area (Å²) in [5.41, 5.74) is 5.42. The standard InChI is InChI=1S/C9H21N3O2S/c1-11-15(13,14)12(8-4-7-10)9-5-2-3-6-9/h9,11H,2-8,10H2,1H3. The topological polar surface area (TPSA) is 75.4 Å². The van der Waals surface area contributed by atoms with E-state index >= 15 is 0 Å². The Morgan fingerprint density at radius 1 is 1.40 bits per heavy atom. The van der Waals surface area contributed by atoms with E-state index in [9.17, 15) is 8.42 Å². The molecule has 1 aliphatic rings. The van der Waals surface area contributed by atoms with Crippen molar-refractivity contribution in [2.45, 2.75) is 38.1 Å². The molecule has 1 rings (SSSR count). The summed E-state index contributed by atoms with van der Waals surface area (Å²) in [5, 5.41) is 0. The Labute approximate surface area is 92.2 Å². The first-order valence-corrected chi connectivity index (χ1v) is 6.96. The molecule has 0 heterocycles. The Kier molecular flexibility index (Phi) is 4.98. The second-order valence-electron chi connectivity index (χ2n) is 3.90. The summed E-state index contributed by atoms with van der Waals surface area (Å²) in [6.07, 6.45) is 4.93. The highest BCUT2D eigenvalue weighted by Crippen LogP contribution is 2.25. The molecule has 0 spiro atoms. The lowest BCUT2D eigenvalue weighted by Gasteiger charge is -2.27. The molecule has 0 radical (unpaired) electrons. The molecule has 0 unspecified atom stereocenters. The monoisotopic (exact) mass is 235 g/mol. The fourth-order valence-electron chi connectivity index (χ4n) is 2.06. The molecule has 0 aromatic heterocycles. The summed E-state index contributed by atoms with van der Waals surface area (Å²) in [4.78, 5) is 0. The lowest BCUT2D eigenvalue weighted by Crippen LogP contribution is -2.45. The predicted octanol–water partition coefficient (Wildman–Crippen LogP) is 0.0440. The Morgan fingerprint density at radius 3 is 2.47 bits per heavy atom. The van der Waals surface area contributed by atoms with Gasteiger partial charge in [0.25, 0.3) is 10.2 Å². The van der Waals surface area contributed by atoms with E-state index < -0.39 is 10.2 Å². The van der Waals surface area contributed by atoms with Gasteiger partial charge in [0.15, 0.2) is 0 Å². The Balaban J connectivity index is 2.68. The van der Waals surface area contributed by atoms with Gasteiger partial charge in [-0.15, -0.1) is 0 Å². The van der Waals surface area contributed by atoms with Crippen molar-refractivity contribution >= 4 is 10.2 Å². The average Bonchev–Trinajstić information content (AvgIpc) is 2.71. The maximum absolute atomic E-state index is 11.8. The molecule has 0 aromatic carbocycles. The maximum Gasteiger partial charge on any atom is 0.279 e. The van der Waals surface area contributed by atoms with Gasteiger partial charge >= 0.3 is 0 Å². The van der Waals surface area contributed by atoms with Crippen molar-refractivity contribution in [2.24, 2.45) is 5.73 Å². The molecule has 0 saturated heterocycles. The summed E-state index contributed by atoms with van der Waals surface area (Å²) in [6.45, 7) is 1.06. The molecular formula is C9H21N3O2S. The van der Waals surface area contributed by atoms with Gasteiger partial charge in [-0.1, -0.05) is 12.8 Å². The molecule has 0 bridgehead atoms. The summed E-state index contributed by atoms with van der Waals surface area (Å²) in [7, 11) is -1.83. The number of nitrogens with two attached hydrogens (primary N) is 1. The summed E-state index contributed by atoms with van der Waals surface area (Å²) < 4.78 is 27.5. The van der Waals surface area contributed by atoms with Crippen LogP contribution in [0.2, 0.25) is 0 Å². The molecule has 90 valence electrons. The minimum absolute atomic E-state index is 0.175. The van der Waals surface area contributed by atoms with Crippen LogP contribution < -0.4 is 10.5 Å². The lowest BCUT2D eigenvalue weighted by molar-refractivity contribution is 0.317. The van der Waals surface area contributed by atoms with E-state index in [1.165, 1.54) is 7.05 Å². The van der Waals surface area contributed by atoms with Crippen LogP contribution in [-0.4, -0.2) is 38.9 Å². The number of rotatable bonds is 6. The van der Waals surface area contributed by atoms with Crippen molar-refractivity contribution in [3.63, 3.8) is 0 Å². The second kappa shape index (κ2) is 5.79. The third-order valence-corrected chi connectivity index (χ3v) is 4.50. The van der Waals surface area contributed by atoms with Crippen molar-refractivity contribution in [1.29, 1.82) is 0 Å². The van der Waals surface area contributed by atoms with Crippen LogP contribution in [0.25, 0.3) is 0 Å². The van der Waals surface area contributed by atoms with Crippen LogP contribution in [-0.2, 0) is 10.2 Å². The van der Waals surface area contributed by atoms with Crippen LogP contribution >= 0.6 is 0 Å². The Hall–Kier alpha value is -0.170. The molecule has 5 nitrogen and oxygen atoms in total. The largest absolute Gasteiger partial charge is 0.330 e. The first-order valence-electron chi connectivity index (χ1n) is 5.52. The molecule has 0 aliphatic heterocycles. The van der Waals surface area contributed by atoms with Crippen LogP contribution in [0.4, 0.5) is 0 Å². The number of nitrogens with zero attached hydrogens (tertiary/aromatic N) is 1. The third kappa shape index (κ3) is 3.41. The highest BCUT2D eigenvalue weighted by Gasteiger charge is 2.30. The van der Waals surface area contributed by atoms with E-state index in [2.05, 4.69) is 4.72 Å². The van der Waals surface area contributed by atoms with Gasteiger partial charge in [0, 0.05) is 19.6 Å². The molecule has 0 aromatic rings. The van der Waals surface area contributed by atoms with Crippen LogP contribution in [0.15, 0.2) is 0 Å². The molecular weight excluding hydrogens is 214 g/mol. The third-order valence-electron chi connectivity index (χ3n) is 2.88. The first-order chi connectivity index (χ1) is 7.11. The fraction of sp³-hybridized carbons (Fsp3) is 1.00. The fourth-order valence-corrected chi connectivity index (χ4v) is 3.26. The molecule has 3 N–H and O–H groups in total. The molecule has 6 heteroatoms. The normalized spacial score (nSPS) is 18.9. The number of hydrogen-bond acceptors (Lipinski definition) is 3. The van der Waals surface area contributed by atoms with Crippen molar-refractivity contribution in [3.05, 3.63) is 0 Å². The van der Waals surface area contributed by atoms with E-state index in [0.29, 0.717) is 13.1 Å². The zero-order valence-corrected chi connectivity index (χ0v) is 10.1. The average molecular weight is 235 g/mol. The zero-order valence-electron chi connectivity index (χ0n) is 9.28. The molecule has 15 heavy (non-hydrogen) atoms. The van der Waals surface area contributed by atoms with Crippen LogP contribution in [0.1, 0.15) is 32.1 Å². The summed E-state index contributed by atoms with van der Waals surface area (Å²) >= 11 is 0. The number of nitrogens with one attached hydrogen (secondary N) is 1. The van der Waals surface area contributed by atoms with Gasteiger partial charge in [-0.25, -0.2) is 4.72 Å². The van der Waals surface area contributed by atoms with Crippen LogP contribution in [0.3, 0.4) is 0 Å². The molecule has 0 amide bonds. The maximum atomic E-state index is 11.8. The first kappa shape index (κ1) is 12.9. The minimum Gasteiger partial charge on any atom is -0.330 e. The van der Waals surface area contributed by atoms with Gasteiger partial charge in [-0.05, 0) is 25.8 Å².